The zero-order valence-corrected chi connectivity index (χ0v) is 17.9. The first kappa shape index (κ1) is 21.1. The van der Waals surface area contributed by atoms with Gasteiger partial charge in [0.15, 0.2) is 0 Å². The molecule has 1 fully saturated rings. The first-order valence-corrected chi connectivity index (χ1v) is 11.2. The summed E-state index contributed by atoms with van der Waals surface area (Å²) >= 11 is 1.61. The molecule has 2 aromatic rings. The minimum Gasteiger partial charge on any atom is -0.379 e. The number of nitrogens with one attached hydrogen (secondary N) is 2. The summed E-state index contributed by atoms with van der Waals surface area (Å²) < 4.78 is 5.47. The van der Waals surface area contributed by atoms with Crippen LogP contribution in [0.4, 0.5) is 0 Å². The number of nitrogens with zero attached hydrogens (tertiary/aromatic N) is 2. The van der Waals surface area contributed by atoms with E-state index in [-0.39, 0.29) is 11.2 Å². The van der Waals surface area contributed by atoms with Crippen molar-refractivity contribution in [1.29, 1.82) is 0 Å². The molecule has 0 aliphatic carbocycles. The van der Waals surface area contributed by atoms with Gasteiger partial charge in [0, 0.05) is 25.7 Å². The Balaban J connectivity index is 1.46. The predicted molar refractivity (Wildman–Crippen MR) is 116 cm³/mol. The topological polar surface area (TPSA) is 70.2 Å². The number of thioether (sulfide) groups is 1. The molecule has 1 aliphatic rings. The van der Waals surface area contributed by atoms with Gasteiger partial charge in [-0.25, -0.2) is 4.98 Å². The van der Waals surface area contributed by atoms with Gasteiger partial charge >= 0.3 is 0 Å². The van der Waals surface area contributed by atoms with Gasteiger partial charge in [0.05, 0.1) is 35.2 Å². The lowest BCUT2D eigenvalue weighted by atomic mass is 10.0. The molecular formula is C21H32N4O2S. The van der Waals surface area contributed by atoms with Crippen molar-refractivity contribution in [3.05, 3.63) is 30.1 Å². The number of H-pyrrole nitrogens is 1. The number of hydrogen-bond acceptors (Lipinski definition) is 5. The van der Waals surface area contributed by atoms with Gasteiger partial charge in [-0.05, 0) is 31.4 Å². The number of imidazole rings is 1. The highest BCUT2D eigenvalue weighted by molar-refractivity contribution is 8.00. The number of rotatable bonds is 9. The molecule has 7 heteroatoms. The molecule has 0 spiro atoms. The number of ether oxygens (including phenoxy) is 1. The highest BCUT2D eigenvalue weighted by atomic mass is 32.2. The zero-order valence-electron chi connectivity index (χ0n) is 17.1. The maximum Gasteiger partial charge on any atom is 0.230 e. The van der Waals surface area contributed by atoms with Crippen LogP contribution in [0.1, 0.15) is 38.3 Å². The second-order valence-corrected chi connectivity index (χ2v) is 9.16. The van der Waals surface area contributed by atoms with E-state index in [1.807, 2.05) is 24.3 Å². The van der Waals surface area contributed by atoms with Crippen molar-refractivity contribution in [1.82, 2.24) is 20.2 Å². The molecule has 2 heterocycles. The second-order valence-electron chi connectivity index (χ2n) is 7.83. The molecule has 28 heavy (non-hydrogen) atoms. The number of carbonyl (C=O) groups is 1. The fourth-order valence-corrected chi connectivity index (χ4v) is 4.35. The summed E-state index contributed by atoms with van der Waals surface area (Å²) in [4.78, 5) is 22.9. The zero-order chi connectivity index (χ0) is 19.9. The first-order valence-electron chi connectivity index (χ1n) is 10.2. The van der Waals surface area contributed by atoms with Crippen LogP contribution < -0.4 is 5.32 Å². The van der Waals surface area contributed by atoms with E-state index in [4.69, 9.17) is 4.74 Å². The smallest absolute Gasteiger partial charge is 0.230 e. The van der Waals surface area contributed by atoms with Gasteiger partial charge in [-0.3, -0.25) is 9.69 Å². The van der Waals surface area contributed by atoms with Gasteiger partial charge in [-0.1, -0.05) is 26.0 Å². The quantitative estimate of drug-likeness (QED) is 0.672. The number of para-hydroxylation sites is 2. The lowest BCUT2D eigenvalue weighted by molar-refractivity contribution is -0.118. The van der Waals surface area contributed by atoms with E-state index in [2.05, 4.69) is 41.0 Å². The van der Waals surface area contributed by atoms with E-state index in [0.29, 0.717) is 24.3 Å². The molecule has 3 rings (SSSR count). The Morgan fingerprint density at radius 2 is 2.04 bits per heavy atom. The van der Waals surface area contributed by atoms with E-state index < -0.39 is 0 Å². The summed E-state index contributed by atoms with van der Waals surface area (Å²) in [7, 11) is 0. The standard InChI is InChI=1S/C21H32N4O2S/c1-15(2)12-17(25-8-10-27-11-9-25)13-22-20(26)14-28-16(3)21-23-18-6-4-5-7-19(18)24-21/h4-7,15-17H,8-14H2,1-3H3,(H,22,26)(H,23,24). The highest BCUT2D eigenvalue weighted by Gasteiger charge is 2.22. The number of fused-ring (bicyclic) bond motifs is 1. The van der Waals surface area contributed by atoms with Crippen LogP contribution in [0.5, 0.6) is 0 Å². The summed E-state index contributed by atoms with van der Waals surface area (Å²) in [6, 6.07) is 8.39. The fraction of sp³-hybridized carbons (Fsp3) is 0.619. The Hall–Kier alpha value is -1.57. The Bertz CT molecular complexity index is 725. The van der Waals surface area contributed by atoms with E-state index in [9.17, 15) is 4.79 Å². The minimum atomic E-state index is 0.0926. The van der Waals surface area contributed by atoms with Crippen molar-refractivity contribution in [2.45, 2.75) is 38.5 Å². The number of aromatic amines is 1. The molecule has 0 bridgehead atoms. The number of aromatic nitrogens is 2. The van der Waals surface area contributed by atoms with Crippen molar-refractivity contribution in [2.75, 3.05) is 38.6 Å². The molecule has 2 atom stereocenters. The number of benzene rings is 1. The molecule has 1 saturated heterocycles. The third-order valence-corrected chi connectivity index (χ3v) is 6.25. The van der Waals surface area contributed by atoms with Crippen LogP contribution in [0.3, 0.4) is 0 Å². The van der Waals surface area contributed by atoms with Crippen LogP contribution in [0.2, 0.25) is 0 Å². The predicted octanol–water partition coefficient (Wildman–Crippen LogP) is 3.22. The van der Waals surface area contributed by atoms with Gasteiger partial charge in [-0.2, -0.15) is 0 Å². The number of amides is 1. The summed E-state index contributed by atoms with van der Waals surface area (Å²) in [6.45, 7) is 10.7. The maximum absolute atomic E-state index is 12.4. The maximum atomic E-state index is 12.4. The number of carbonyl (C=O) groups excluding carboxylic acids is 1. The Labute approximate surface area is 171 Å². The van der Waals surface area contributed by atoms with Crippen molar-refractivity contribution in [3.8, 4) is 0 Å². The largest absolute Gasteiger partial charge is 0.379 e. The summed E-state index contributed by atoms with van der Waals surface area (Å²) in [5, 5.41) is 3.29. The van der Waals surface area contributed by atoms with Crippen molar-refractivity contribution in [2.24, 2.45) is 5.92 Å². The third-order valence-electron chi connectivity index (χ3n) is 5.10. The molecule has 0 radical (unpaired) electrons. The van der Waals surface area contributed by atoms with E-state index in [0.717, 1.165) is 49.6 Å². The van der Waals surface area contributed by atoms with Gasteiger partial charge in [0.25, 0.3) is 0 Å². The van der Waals surface area contributed by atoms with E-state index >= 15 is 0 Å². The minimum absolute atomic E-state index is 0.0926. The van der Waals surface area contributed by atoms with Crippen LogP contribution in [-0.4, -0.2) is 65.4 Å². The SMILES string of the molecule is CC(C)CC(CNC(=O)CSC(C)c1nc2ccccc2[nH]1)N1CCOCC1. The van der Waals surface area contributed by atoms with Crippen molar-refractivity contribution >= 4 is 28.7 Å². The van der Waals surface area contributed by atoms with Crippen molar-refractivity contribution < 1.29 is 9.53 Å². The average molecular weight is 405 g/mol. The third kappa shape index (κ3) is 5.96. The van der Waals surface area contributed by atoms with Crippen LogP contribution >= 0.6 is 11.8 Å². The van der Waals surface area contributed by atoms with E-state index in [1.165, 1.54) is 0 Å². The molecule has 2 unspecified atom stereocenters. The van der Waals surface area contributed by atoms with Gasteiger partial charge in [0.2, 0.25) is 5.91 Å². The number of morpholine rings is 1. The Morgan fingerprint density at radius 1 is 1.29 bits per heavy atom. The molecule has 1 aromatic heterocycles. The van der Waals surface area contributed by atoms with Crippen molar-refractivity contribution in [3.63, 3.8) is 0 Å². The lowest BCUT2D eigenvalue weighted by Gasteiger charge is -2.35. The van der Waals surface area contributed by atoms with Crippen LogP contribution in [0, 0.1) is 5.92 Å². The van der Waals surface area contributed by atoms with Gasteiger partial charge < -0.3 is 15.0 Å². The Morgan fingerprint density at radius 3 is 2.75 bits per heavy atom. The van der Waals surface area contributed by atoms with Crippen LogP contribution in [-0.2, 0) is 9.53 Å². The summed E-state index contributed by atoms with van der Waals surface area (Å²) in [5.41, 5.74) is 2.01. The van der Waals surface area contributed by atoms with Gasteiger partial charge in [0.1, 0.15) is 5.82 Å². The Kier molecular flexibility index (Phi) is 7.76. The normalized spacial score (nSPS) is 17.7. The van der Waals surface area contributed by atoms with Crippen LogP contribution in [0.15, 0.2) is 24.3 Å². The number of hydrogen-bond donors (Lipinski definition) is 2. The summed E-state index contributed by atoms with van der Waals surface area (Å²) in [5.74, 6) is 2.06. The molecule has 1 aromatic carbocycles. The van der Waals surface area contributed by atoms with Crippen LogP contribution in [0.25, 0.3) is 11.0 Å². The molecule has 1 amide bonds. The monoisotopic (exact) mass is 404 g/mol. The molecule has 2 N–H and O–H groups in total. The second kappa shape index (κ2) is 10.3. The molecule has 6 nitrogen and oxygen atoms in total. The fourth-order valence-electron chi connectivity index (χ4n) is 3.58. The molecule has 154 valence electrons. The first-order chi connectivity index (χ1) is 13.5. The van der Waals surface area contributed by atoms with E-state index in [1.54, 1.807) is 11.8 Å². The molecule has 1 aliphatic heterocycles. The molecular weight excluding hydrogens is 372 g/mol. The molecule has 0 saturated carbocycles. The summed E-state index contributed by atoms with van der Waals surface area (Å²) in [6.07, 6.45) is 1.09. The average Bonchev–Trinajstić information content (AvgIpc) is 3.14. The lowest BCUT2D eigenvalue weighted by Crippen LogP contribution is -2.49. The highest BCUT2D eigenvalue weighted by Crippen LogP contribution is 2.27. The van der Waals surface area contributed by atoms with Gasteiger partial charge in [-0.15, -0.1) is 11.8 Å².